The van der Waals surface area contributed by atoms with Crippen LogP contribution in [0.2, 0.25) is 0 Å². The summed E-state index contributed by atoms with van der Waals surface area (Å²) < 4.78 is 51.9. The van der Waals surface area contributed by atoms with Crippen molar-refractivity contribution in [2.45, 2.75) is 11.8 Å². The van der Waals surface area contributed by atoms with Crippen molar-refractivity contribution in [3.05, 3.63) is 36.4 Å². The van der Waals surface area contributed by atoms with Crippen molar-refractivity contribution in [1.82, 2.24) is 0 Å². The predicted octanol–water partition coefficient (Wildman–Crippen LogP) is 0.520. The molecule has 0 heterocycles. The van der Waals surface area contributed by atoms with Crippen LogP contribution in [0.1, 0.15) is 6.92 Å². The van der Waals surface area contributed by atoms with Gasteiger partial charge in [-0.05, 0) is 31.2 Å². The smallest absolute Gasteiger partial charge is 0.320 e. The molecule has 132 valence electrons. The normalized spacial score (nSPS) is 11.6. The second-order valence-electron chi connectivity index (χ2n) is 4.96. The lowest BCUT2D eigenvalue weighted by molar-refractivity contribution is -0.137. The molecular formula is C14H17NO7S2. The van der Waals surface area contributed by atoms with Crippen molar-refractivity contribution in [3.8, 4) is 0 Å². The molecule has 0 saturated carbocycles. The summed E-state index contributed by atoms with van der Waals surface area (Å²) in [6, 6.07) is 4.97. The first kappa shape index (κ1) is 19.8. The zero-order valence-electron chi connectivity index (χ0n) is 13.1. The molecule has 0 bridgehead atoms. The quantitative estimate of drug-likeness (QED) is 0.544. The van der Waals surface area contributed by atoms with Gasteiger partial charge in [0.2, 0.25) is 0 Å². The Balaban J connectivity index is 2.94. The molecule has 0 aromatic heterocycles. The standard InChI is InChI=1S/C14H17NO7S2/c1-10(2)14(17)15-11-4-6-12(7-5-11)24(20,21)9-23(18,19)8-13(16)22-3/h4-7H,1,8-9H2,2-3H3,(H,15,17). The first-order valence-corrected chi connectivity index (χ1v) is 10.0. The Labute approximate surface area is 140 Å². The highest BCUT2D eigenvalue weighted by atomic mass is 32.3. The number of anilines is 1. The Morgan fingerprint density at radius 2 is 1.67 bits per heavy atom. The van der Waals surface area contributed by atoms with Crippen molar-refractivity contribution in [2.75, 3.05) is 23.3 Å². The van der Waals surface area contributed by atoms with E-state index in [2.05, 4.69) is 16.6 Å². The zero-order valence-corrected chi connectivity index (χ0v) is 14.7. The molecule has 10 heteroatoms. The number of rotatable bonds is 7. The monoisotopic (exact) mass is 375 g/mol. The van der Waals surface area contributed by atoms with Crippen LogP contribution in [-0.2, 0) is 34.0 Å². The van der Waals surface area contributed by atoms with Gasteiger partial charge in [0, 0.05) is 11.3 Å². The van der Waals surface area contributed by atoms with Crippen molar-refractivity contribution < 1.29 is 31.2 Å². The minimum absolute atomic E-state index is 0.246. The van der Waals surface area contributed by atoms with Crippen LogP contribution in [0.3, 0.4) is 0 Å². The molecule has 1 aromatic rings. The SMILES string of the molecule is C=C(C)C(=O)Nc1ccc(S(=O)(=O)CS(=O)(=O)CC(=O)OC)cc1. The average Bonchev–Trinajstić information content (AvgIpc) is 2.45. The van der Waals surface area contributed by atoms with E-state index in [4.69, 9.17) is 0 Å². The van der Waals surface area contributed by atoms with Crippen LogP contribution in [-0.4, -0.2) is 46.7 Å². The van der Waals surface area contributed by atoms with Crippen LogP contribution in [0.25, 0.3) is 0 Å². The Morgan fingerprint density at radius 1 is 1.12 bits per heavy atom. The molecule has 0 aliphatic heterocycles. The summed E-state index contributed by atoms with van der Waals surface area (Å²) in [5, 5.41) is 1.27. The van der Waals surface area contributed by atoms with E-state index in [9.17, 15) is 26.4 Å². The molecule has 0 saturated heterocycles. The van der Waals surface area contributed by atoms with Gasteiger partial charge in [-0.3, -0.25) is 9.59 Å². The Morgan fingerprint density at radius 3 is 2.12 bits per heavy atom. The maximum atomic E-state index is 12.1. The van der Waals surface area contributed by atoms with E-state index in [1.807, 2.05) is 0 Å². The number of methoxy groups -OCH3 is 1. The zero-order chi connectivity index (χ0) is 18.5. The summed E-state index contributed by atoms with van der Waals surface area (Å²) in [6.45, 7) is 4.98. The molecule has 0 unspecified atom stereocenters. The Hall–Kier alpha value is -2.20. The Kier molecular flexibility index (Phi) is 6.27. The number of hydrogen-bond acceptors (Lipinski definition) is 7. The molecule has 1 rings (SSSR count). The topological polar surface area (TPSA) is 124 Å². The van der Waals surface area contributed by atoms with E-state index in [1.54, 1.807) is 0 Å². The highest BCUT2D eigenvalue weighted by Crippen LogP contribution is 2.17. The molecule has 0 aliphatic rings. The van der Waals surface area contributed by atoms with Crippen molar-refractivity contribution in [2.24, 2.45) is 0 Å². The molecule has 1 N–H and O–H groups in total. The maximum absolute atomic E-state index is 12.1. The molecule has 0 aliphatic carbocycles. The second-order valence-corrected chi connectivity index (χ2v) is 9.37. The summed E-state index contributed by atoms with van der Waals surface area (Å²) in [5.74, 6) is -2.48. The van der Waals surface area contributed by atoms with Gasteiger partial charge >= 0.3 is 5.97 Å². The lowest BCUT2D eigenvalue weighted by atomic mass is 10.3. The molecule has 0 fully saturated rings. The molecule has 0 atom stereocenters. The lowest BCUT2D eigenvalue weighted by Crippen LogP contribution is -2.24. The third-order valence-corrected chi connectivity index (χ3v) is 7.10. The van der Waals surface area contributed by atoms with E-state index >= 15 is 0 Å². The summed E-state index contributed by atoms with van der Waals surface area (Å²) in [6.07, 6.45) is 0. The van der Waals surface area contributed by atoms with Gasteiger partial charge in [-0.2, -0.15) is 0 Å². The number of carbonyl (C=O) groups is 2. The molecular weight excluding hydrogens is 358 g/mol. The van der Waals surface area contributed by atoms with Crippen LogP contribution in [0.4, 0.5) is 5.69 Å². The molecule has 0 spiro atoms. The number of benzene rings is 1. The van der Waals surface area contributed by atoms with Crippen LogP contribution < -0.4 is 5.32 Å². The van der Waals surface area contributed by atoms with Gasteiger partial charge in [0.25, 0.3) is 5.91 Å². The third kappa shape index (κ3) is 5.78. The summed E-state index contributed by atoms with van der Waals surface area (Å²) in [7, 11) is -7.34. The highest BCUT2D eigenvalue weighted by Gasteiger charge is 2.27. The lowest BCUT2D eigenvalue weighted by Gasteiger charge is -2.08. The second kappa shape index (κ2) is 7.58. The first-order chi connectivity index (χ1) is 11.0. The predicted molar refractivity (Wildman–Crippen MR) is 87.7 cm³/mol. The Bertz CT molecular complexity index is 853. The third-order valence-electron chi connectivity index (χ3n) is 2.76. The minimum atomic E-state index is -4.18. The molecule has 24 heavy (non-hydrogen) atoms. The number of carbonyl (C=O) groups excluding carboxylic acids is 2. The fourth-order valence-electron chi connectivity index (χ4n) is 1.57. The van der Waals surface area contributed by atoms with Gasteiger partial charge in [-0.1, -0.05) is 6.58 Å². The minimum Gasteiger partial charge on any atom is -0.468 e. The van der Waals surface area contributed by atoms with E-state index in [0.29, 0.717) is 5.69 Å². The summed E-state index contributed by atoms with van der Waals surface area (Å²) in [4.78, 5) is 22.2. The van der Waals surface area contributed by atoms with Crippen molar-refractivity contribution >= 4 is 37.2 Å². The number of ether oxygens (including phenoxy) is 1. The molecule has 1 aromatic carbocycles. The number of amides is 1. The first-order valence-electron chi connectivity index (χ1n) is 6.54. The van der Waals surface area contributed by atoms with Crippen LogP contribution >= 0.6 is 0 Å². The van der Waals surface area contributed by atoms with Gasteiger partial charge in [0.1, 0.15) is 5.75 Å². The number of nitrogens with one attached hydrogen (secondary N) is 1. The van der Waals surface area contributed by atoms with Crippen LogP contribution in [0, 0.1) is 0 Å². The van der Waals surface area contributed by atoms with Crippen LogP contribution in [0.5, 0.6) is 0 Å². The van der Waals surface area contributed by atoms with E-state index in [-0.39, 0.29) is 10.5 Å². The fraction of sp³-hybridized carbons (Fsp3) is 0.286. The van der Waals surface area contributed by atoms with Gasteiger partial charge in [-0.25, -0.2) is 16.8 Å². The summed E-state index contributed by atoms with van der Waals surface area (Å²) >= 11 is 0. The maximum Gasteiger partial charge on any atom is 0.320 e. The summed E-state index contributed by atoms with van der Waals surface area (Å²) in [5.41, 5.74) is 0.611. The number of sulfone groups is 2. The molecule has 8 nitrogen and oxygen atoms in total. The number of esters is 1. The van der Waals surface area contributed by atoms with Crippen molar-refractivity contribution in [3.63, 3.8) is 0 Å². The fourth-order valence-corrected chi connectivity index (χ4v) is 5.36. The van der Waals surface area contributed by atoms with Gasteiger partial charge in [0.15, 0.2) is 24.8 Å². The van der Waals surface area contributed by atoms with Crippen LogP contribution in [0.15, 0.2) is 41.3 Å². The molecule has 1 amide bonds. The van der Waals surface area contributed by atoms with Gasteiger partial charge in [-0.15, -0.1) is 0 Å². The highest BCUT2D eigenvalue weighted by molar-refractivity contribution is 8.08. The van der Waals surface area contributed by atoms with Crippen molar-refractivity contribution in [1.29, 1.82) is 0 Å². The average molecular weight is 375 g/mol. The van der Waals surface area contributed by atoms with E-state index < -0.39 is 42.4 Å². The number of hydrogen-bond donors (Lipinski definition) is 1. The van der Waals surface area contributed by atoms with Gasteiger partial charge < -0.3 is 10.1 Å². The molecule has 0 radical (unpaired) electrons. The van der Waals surface area contributed by atoms with Gasteiger partial charge in [0.05, 0.1) is 12.0 Å². The van der Waals surface area contributed by atoms with E-state index in [1.165, 1.54) is 19.1 Å². The largest absolute Gasteiger partial charge is 0.468 e. The van der Waals surface area contributed by atoms with E-state index in [0.717, 1.165) is 19.2 Å².